The predicted octanol–water partition coefficient (Wildman–Crippen LogP) is 2.11. The lowest BCUT2D eigenvalue weighted by molar-refractivity contribution is -0.185. The van der Waals surface area contributed by atoms with Crippen LogP contribution in [0.3, 0.4) is 0 Å². The summed E-state index contributed by atoms with van der Waals surface area (Å²) in [6.45, 7) is 4.82. The van der Waals surface area contributed by atoms with Gasteiger partial charge in [0.1, 0.15) is 12.7 Å². The highest BCUT2D eigenvalue weighted by Crippen LogP contribution is 2.43. The van der Waals surface area contributed by atoms with Gasteiger partial charge in [-0.25, -0.2) is 0 Å². The first-order valence-corrected chi connectivity index (χ1v) is 7.78. The summed E-state index contributed by atoms with van der Waals surface area (Å²) >= 11 is 0. The number of para-hydroxylation sites is 1. The minimum Gasteiger partial charge on any atom is -0.463 e. The molecule has 0 unspecified atom stereocenters. The Labute approximate surface area is 135 Å². The fourth-order valence-electron chi connectivity index (χ4n) is 3.33. The maximum Gasteiger partial charge on any atom is 0.303 e. The molecule has 0 aliphatic carbocycles. The fraction of sp³-hybridized carbons (Fsp3) is 0.529. The van der Waals surface area contributed by atoms with Crippen LogP contribution in [0.1, 0.15) is 37.5 Å². The molecule has 0 aromatic heterocycles. The summed E-state index contributed by atoms with van der Waals surface area (Å²) in [5.41, 5.74) is 3.26. The SMILES string of the molecule is CC(=O)OC[C@H]1O[C@@H]2C[C@@H](Nc3c(C)cccc32)[C@@H]1OC(C)=O. The second-order valence-corrected chi connectivity index (χ2v) is 6.07. The van der Waals surface area contributed by atoms with Gasteiger partial charge in [-0.3, -0.25) is 9.59 Å². The third kappa shape index (κ3) is 3.17. The van der Waals surface area contributed by atoms with Crippen molar-refractivity contribution >= 4 is 17.6 Å². The van der Waals surface area contributed by atoms with E-state index in [1.165, 1.54) is 13.8 Å². The molecule has 23 heavy (non-hydrogen) atoms. The van der Waals surface area contributed by atoms with Gasteiger partial charge in [0.25, 0.3) is 0 Å². The summed E-state index contributed by atoms with van der Waals surface area (Å²) < 4.78 is 16.7. The molecule has 0 amide bonds. The molecule has 2 aliphatic heterocycles. The van der Waals surface area contributed by atoms with Gasteiger partial charge in [0.05, 0.1) is 12.1 Å². The molecule has 1 fully saturated rings. The number of hydrogen-bond acceptors (Lipinski definition) is 6. The number of carbonyl (C=O) groups excluding carboxylic acids is 2. The Kier molecular flexibility index (Phi) is 4.26. The third-order valence-corrected chi connectivity index (χ3v) is 4.30. The number of hydrogen-bond donors (Lipinski definition) is 1. The van der Waals surface area contributed by atoms with Gasteiger partial charge in [-0.15, -0.1) is 0 Å². The first kappa shape index (κ1) is 15.8. The highest BCUT2D eigenvalue weighted by molar-refractivity contribution is 5.67. The van der Waals surface area contributed by atoms with E-state index in [0.717, 1.165) is 16.8 Å². The van der Waals surface area contributed by atoms with Gasteiger partial charge in [0.15, 0.2) is 6.10 Å². The summed E-state index contributed by atoms with van der Waals surface area (Å²) in [4.78, 5) is 22.6. The summed E-state index contributed by atoms with van der Waals surface area (Å²) in [5.74, 6) is -0.752. The second kappa shape index (κ2) is 6.20. The molecule has 1 saturated heterocycles. The van der Waals surface area contributed by atoms with Gasteiger partial charge in [0, 0.05) is 31.5 Å². The molecule has 2 heterocycles. The molecule has 2 aliphatic rings. The number of anilines is 1. The Morgan fingerprint density at radius 2 is 2.09 bits per heavy atom. The molecule has 1 aromatic rings. The van der Waals surface area contributed by atoms with E-state index >= 15 is 0 Å². The van der Waals surface area contributed by atoms with Crippen molar-refractivity contribution in [1.82, 2.24) is 0 Å². The van der Waals surface area contributed by atoms with Crippen molar-refractivity contribution in [1.29, 1.82) is 0 Å². The Bertz CT molecular complexity index is 629. The third-order valence-electron chi connectivity index (χ3n) is 4.30. The van der Waals surface area contributed by atoms with Gasteiger partial charge in [-0.1, -0.05) is 18.2 Å². The van der Waals surface area contributed by atoms with Crippen LogP contribution < -0.4 is 5.32 Å². The monoisotopic (exact) mass is 319 g/mol. The average molecular weight is 319 g/mol. The quantitative estimate of drug-likeness (QED) is 0.860. The summed E-state index contributed by atoms with van der Waals surface area (Å²) in [6, 6.07) is 6.00. The molecule has 2 bridgehead atoms. The fourth-order valence-corrected chi connectivity index (χ4v) is 3.33. The van der Waals surface area contributed by atoms with Crippen molar-refractivity contribution in [2.24, 2.45) is 0 Å². The number of benzene rings is 1. The topological polar surface area (TPSA) is 73.9 Å². The molecule has 0 saturated carbocycles. The zero-order chi connectivity index (χ0) is 16.6. The molecule has 124 valence electrons. The molecular formula is C17H21NO5. The van der Waals surface area contributed by atoms with E-state index in [0.29, 0.717) is 6.42 Å². The van der Waals surface area contributed by atoms with Crippen molar-refractivity contribution in [2.75, 3.05) is 11.9 Å². The van der Waals surface area contributed by atoms with Crippen molar-refractivity contribution in [3.63, 3.8) is 0 Å². The largest absolute Gasteiger partial charge is 0.463 e. The van der Waals surface area contributed by atoms with Gasteiger partial charge in [-0.2, -0.15) is 0 Å². The molecule has 1 N–H and O–H groups in total. The van der Waals surface area contributed by atoms with E-state index in [1.807, 2.05) is 25.1 Å². The number of esters is 2. The molecule has 6 nitrogen and oxygen atoms in total. The van der Waals surface area contributed by atoms with Crippen LogP contribution in [-0.4, -0.2) is 36.8 Å². The second-order valence-electron chi connectivity index (χ2n) is 6.07. The number of fused-ring (bicyclic) bond motifs is 4. The van der Waals surface area contributed by atoms with Crippen LogP contribution in [-0.2, 0) is 23.8 Å². The minimum absolute atomic E-state index is 0.0631. The summed E-state index contributed by atoms with van der Waals surface area (Å²) in [7, 11) is 0. The molecule has 6 heteroatoms. The smallest absolute Gasteiger partial charge is 0.303 e. The molecule has 0 radical (unpaired) electrons. The highest BCUT2D eigenvalue weighted by Gasteiger charge is 2.45. The number of aryl methyl sites for hydroxylation is 1. The summed E-state index contributed by atoms with van der Waals surface area (Å²) in [6.07, 6.45) is -0.350. The normalized spacial score (nSPS) is 28.3. The highest BCUT2D eigenvalue weighted by atomic mass is 16.6. The van der Waals surface area contributed by atoms with Crippen molar-refractivity contribution < 1.29 is 23.8 Å². The van der Waals surface area contributed by atoms with Gasteiger partial charge >= 0.3 is 11.9 Å². The Morgan fingerprint density at radius 1 is 1.30 bits per heavy atom. The summed E-state index contributed by atoms with van der Waals surface area (Å²) in [5, 5.41) is 3.47. The van der Waals surface area contributed by atoms with Crippen molar-refractivity contribution in [2.45, 2.75) is 51.5 Å². The van der Waals surface area contributed by atoms with Crippen LogP contribution >= 0.6 is 0 Å². The lowest BCUT2D eigenvalue weighted by Crippen LogP contribution is -2.55. The van der Waals surface area contributed by atoms with Crippen LogP contribution in [0.25, 0.3) is 0 Å². The molecule has 3 rings (SSSR count). The Morgan fingerprint density at radius 3 is 2.78 bits per heavy atom. The maximum absolute atomic E-state index is 11.5. The molecule has 1 aromatic carbocycles. The zero-order valence-electron chi connectivity index (χ0n) is 13.5. The first-order valence-electron chi connectivity index (χ1n) is 7.78. The molecule has 0 spiro atoms. The van der Waals surface area contributed by atoms with Gasteiger partial charge in [0.2, 0.25) is 0 Å². The van der Waals surface area contributed by atoms with Crippen molar-refractivity contribution in [3.8, 4) is 0 Å². The molecule has 4 atom stereocenters. The number of carbonyl (C=O) groups is 2. The number of ether oxygens (including phenoxy) is 3. The van der Waals surface area contributed by atoms with E-state index < -0.39 is 12.2 Å². The van der Waals surface area contributed by atoms with Gasteiger partial charge in [-0.05, 0) is 12.5 Å². The standard InChI is InChI=1S/C17H21NO5/c1-9-5-4-6-12-14-7-13(18-16(9)12)17(22-11(3)20)15(23-14)8-21-10(2)19/h4-6,13-15,17-18H,7-8H2,1-3H3/t13-,14-,15-,17+/m1/s1. The van der Waals surface area contributed by atoms with Gasteiger partial charge < -0.3 is 19.5 Å². The van der Waals surface area contributed by atoms with Crippen molar-refractivity contribution in [3.05, 3.63) is 29.3 Å². The lowest BCUT2D eigenvalue weighted by atomic mass is 9.86. The average Bonchev–Trinajstić information content (AvgIpc) is 2.49. The van der Waals surface area contributed by atoms with E-state index in [-0.39, 0.29) is 30.7 Å². The van der Waals surface area contributed by atoms with Crippen LogP contribution in [0.4, 0.5) is 5.69 Å². The predicted molar refractivity (Wildman–Crippen MR) is 83.0 cm³/mol. The number of rotatable bonds is 3. The van der Waals surface area contributed by atoms with Crippen LogP contribution in [0.2, 0.25) is 0 Å². The minimum atomic E-state index is -0.490. The lowest BCUT2D eigenvalue weighted by Gasteiger charge is -2.45. The number of nitrogens with one attached hydrogen (secondary N) is 1. The first-order chi connectivity index (χ1) is 11.0. The van der Waals surface area contributed by atoms with E-state index in [9.17, 15) is 9.59 Å². The van der Waals surface area contributed by atoms with E-state index in [2.05, 4.69) is 5.32 Å². The Hall–Kier alpha value is -2.08. The Balaban J connectivity index is 1.88. The van der Waals surface area contributed by atoms with E-state index in [1.54, 1.807) is 0 Å². The van der Waals surface area contributed by atoms with Crippen LogP contribution in [0.5, 0.6) is 0 Å². The van der Waals surface area contributed by atoms with Crippen LogP contribution in [0.15, 0.2) is 18.2 Å². The molecular weight excluding hydrogens is 298 g/mol. The van der Waals surface area contributed by atoms with Crippen LogP contribution in [0, 0.1) is 6.92 Å². The van der Waals surface area contributed by atoms with E-state index in [4.69, 9.17) is 14.2 Å². The maximum atomic E-state index is 11.5. The zero-order valence-corrected chi connectivity index (χ0v) is 13.5.